The first-order valence-corrected chi connectivity index (χ1v) is 9.35. The lowest BCUT2D eigenvalue weighted by molar-refractivity contribution is -0.000579. The number of likely N-dealkylation sites (N-methyl/N-ethyl adjacent to an activating group) is 1. The van der Waals surface area contributed by atoms with E-state index in [2.05, 4.69) is 4.90 Å². The Labute approximate surface area is 163 Å². The number of hydrogen-bond donors (Lipinski definition) is 1. The fraction of sp³-hybridized carbons (Fsp3) is 0.350. The molecule has 0 aromatic heterocycles. The fourth-order valence-corrected chi connectivity index (χ4v) is 3.93. The number of piperazine rings is 1. The van der Waals surface area contributed by atoms with Gasteiger partial charge in [0.1, 0.15) is 0 Å². The Morgan fingerprint density at radius 2 is 1.85 bits per heavy atom. The van der Waals surface area contributed by atoms with Crippen LogP contribution in [0.3, 0.4) is 0 Å². The first-order chi connectivity index (χ1) is 12.5. The zero-order valence-corrected chi connectivity index (χ0v) is 16.2. The van der Waals surface area contributed by atoms with Gasteiger partial charge in [0.25, 0.3) is 5.91 Å². The second-order valence-corrected chi connectivity index (χ2v) is 7.46. The van der Waals surface area contributed by atoms with Crippen molar-refractivity contribution in [2.45, 2.75) is 12.0 Å². The van der Waals surface area contributed by atoms with E-state index in [9.17, 15) is 9.90 Å². The third-order valence-corrected chi connectivity index (χ3v) is 5.92. The number of amides is 1. The van der Waals surface area contributed by atoms with Gasteiger partial charge in [0.2, 0.25) is 0 Å². The van der Waals surface area contributed by atoms with E-state index in [1.165, 1.54) is 0 Å². The maximum absolute atomic E-state index is 12.9. The van der Waals surface area contributed by atoms with E-state index >= 15 is 0 Å². The van der Waals surface area contributed by atoms with E-state index in [4.69, 9.17) is 23.2 Å². The van der Waals surface area contributed by atoms with Crippen LogP contribution in [0.2, 0.25) is 10.0 Å². The minimum absolute atomic E-state index is 0.000996. The lowest BCUT2D eigenvalue weighted by Crippen LogP contribution is -2.60. The van der Waals surface area contributed by atoms with Crippen LogP contribution in [0.4, 0.5) is 0 Å². The van der Waals surface area contributed by atoms with Crippen LogP contribution in [-0.4, -0.2) is 54.1 Å². The summed E-state index contributed by atoms with van der Waals surface area (Å²) in [5.74, 6) is 0.000996. The average Bonchev–Trinajstić information content (AvgIpc) is 2.66. The number of carbonyl (C=O) groups is 1. The van der Waals surface area contributed by atoms with E-state index in [1.807, 2.05) is 54.4 Å². The summed E-state index contributed by atoms with van der Waals surface area (Å²) in [6.45, 7) is 1.84. The second kappa shape index (κ2) is 7.97. The number of rotatable bonds is 4. The molecule has 1 unspecified atom stereocenters. The van der Waals surface area contributed by atoms with E-state index in [-0.39, 0.29) is 12.5 Å². The Kier molecular flexibility index (Phi) is 5.88. The van der Waals surface area contributed by atoms with Crippen molar-refractivity contribution in [3.8, 4) is 0 Å². The molecular formula is C20H22Cl2N2O2. The number of nitrogens with zero attached hydrogens (tertiary/aromatic N) is 2. The molecule has 4 nitrogen and oxygen atoms in total. The molecule has 1 heterocycles. The standard InChI is InChI=1S/C20H22Cl2N2O2/c1-23-10-11-24(19(26)15-5-3-2-4-6-15)14-20(23,9-12-25)16-7-8-17(21)18(22)13-16/h2-8,13,25H,9-12,14H2,1H3. The largest absolute Gasteiger partial charge is 0.396 e. The summed E-state index contributed by atoms with van der Waals surface area (Å²) in [6.07, 6.45) is 0.500. The summed E-state index contributed by atoms with van der Waals surface area (Å²) in [5, 5.41) is 10.7. The highest BCUT2D eigenvalue weighted by atomic mass is 35.5. The number of carbonyl (C=O) groups excluding carboxylic acids is 1. The molecule has 1 aliphatic heterocycles. The van der Waals surface area contributed by atoms with E-state index in [1.54, 1.807) is 6.07 Å². The molecule has 1 amide bonds. The normalized spacial score (nSPS) is 21.0. The average molecular weight is 393 g/mol. The van der Waals surface area contributed by atoms with Gasteiger partial charge in [0.15, 0.2) is 0 Å². The molecule has 1 N–H and O–H groups in total. The zero-order valence-electron chi connectivity index (χ0n) is 14.7. The van der Waals surface area contributed by atoms with E-state index < -0.39 is 5.54 Å². The van der Waals surface area contributed by atoms with Crippen molar-refractivity contribution in [3.63, 3.8) is 0 Å². The molecule has 26 heavy (non-hydrogen) atoms. The molecule has 1 fully saturated rings. The third kappa shape index (κ3) is 3.60. The lowest BCUT2D eigenvalue weighted by Gasteiger charge is -2.50. The molecular weight excluding hydrogens is 371 g/mol. The van der Waals surface area contributed by atoms with Gasteiger partial charge >= 0.3 is 0 Å². The molecule has 138 valence electrons. The van der Waals surface area contributed by atoms with Gasteiger partial charge in [-0.1, -0.05) is 47.5 Å². The van der Waals surface area contributed by atoms with Crippen molar-refractivity contribution in [1.29, 1.82) is 0 Å². The van der Waals surface area contributed by atoms with Gasteiger partial charge in [-0.2, -0.15) is 0 Å². The smallest absolute Gasteiger partial charge is 0.253 e. The summed E-state index contributed by atoms with van der Waals surface area (Å²) in [5.41, 5.74) is 1.11. The molecule has 6 heteroatoms. The van der Waals surface area contributed by atoms with Gasteiger partial charge in [0, 0.05) is 31.8 Å². The molecule has 0 spiro atoms. The van der Waals surface area contributed by atoms with Crippen LogP contribution in [-0.2, 0) is 5.54 Å². The number of halogens is 2. The molecule has 2 aromatic rings. The highest BCUT2D eigenvalue weighted by Gasteiger charge is 2.42. The van der Waals surface area contributed by atoms with Crippen LogP contribution < -0.4 is 0 Å². The predicted molar refractivity (Wildman–Crippen MR) is 105 cm³/mol. The number of aliphatic hydroxyl groups is 1. The fourth-order valence-electron chi connectivity index (χ4n) is 3.63. The Bertz CT molecular complexity index is 785. The number of aliphatic hydroxyl groups excluding tert-OH is 1. The second-order valence-electron chi connectivity index (χ2n) is 6.65. The van der Waals surface area contributed by atoms with Crippen LogP contribution in [0, 0.1) is 0 Å². The SMILES string of the molecule is CN1CCN(C(=O)c2ccccc2)CC1(CCO)c1ccc(Cl)c(Cl)c1. The van der Waals surface area contributed by atoms with Crippen LogP contribution in [0.25, 0.3) is 0 Å². The highest BCUT2D eigenvalue weighted by molar-refractivity contribution is 6.42. The summed E-state index contributed by atoms with van der Waals surface area (Å²) in [6, 6.07) is 14.8. The predicted octanol–water partition coefficient (Wildman–Crippen LogP) is 3.66. The summed E-state index contributed by atoms with van der Waals surface area (Å²) in [4.78, 5) is 17.0. The maximum Gasteiger partial charge on any atom is 0.253 e. The summed E-state index contributed by atoms with van der Waals surface area (Å²) < 4.78 is 0. The van der Waals surface area contributed by atoms with Crippen molar-refractivity contribution in [2.75, 3.05) is 33.3 Å². The molecule has 1 atom stereocenters. The summed E-state index contributed by atoms with van der Waals surface area (Å²) >= 11 is 12.3. The van der Waals surface area contributed by atoms with Gasteiger partial charge < -0.3 is 10.0 Å². The Balaban J connectivity index is 1.97. The monoisotopic (exact) mass is 392 g/mol. The van der Waals surface area contributed by atoms with Gasteiger partial charge in [-0.05, 0) is 43.3 Å². The molecule has 2 aromatic carbocycles. The van der Waals surface area contributed by atoms with Gasteiger partial charge in [-0.25, -0.2) is 0 Å². The maximum atomic E-state index is 12.9. The molecule has 3 rings (SSSR count). The topological polar surface area (TPSA) is 43.8 Å². The minimum atomic E-state index is -0.508. The molecule has 0 radical (unpaired) electrons. The molecule has 0 bridgehead atoms. The zero-order chi connectivity index (χ0) is 18.7. The molecule has 1 saturated heterocycles. The minimum Gasteiger partial charge on any atom is -0.396 e. The number of hydrogen-bond acceptors (Lipinski definition) is 3. The van der Waals surface area contributed by atoms with E-state index in [0.717, 1.165) is 5.56 Å². The van der Waals surface area contributed by atoms with Crippen molar-refractivity contribution in [1.82, 2.24) is 9.80 Å². The van der Waals surface area contributed by atoms with E-state index in [0.29, 0.717) is 41.7 Å². The third-order valence-electron chi connectivity index (χ3n) is 5.18. The van der Waals surface area contributed by atoms with Crippen LogP contribution in [0.15, 0.2) is 48.5 Å². The van der Waals surface area contributed by atoms with Crippen molar-refractivity contribution in [2.24, 2.45) is 0 Å². The molecule has 0 aliphatic carbocycles. The van der Waals surface area contributed by atoms with Crippen molar-refractivity contribution in [3.05, 3.63) is 69.7 Å². The first-order valence-electron chi connectivity index (χ1n) is 8.60. The van der Waals surface area contributed by atoms with Crippen LogP contribution in [0.5, 0.6) is 0 Å². The first kappa shape index (κ1) is 19.2. The summed E-state index contributed by atoms with van der Waals surface area (Å²) in [7, 11) is 2.02. The van der Waals surface area contributed by atoms with Crippen molar-refractivity contribution < 1.29 is 9.90 Å². The van der Waals surface area contributed by atoms with Crippen LogP contribution >= 0.6 is 23.2 Å². The van der Waals surface area contributed by atoms with Gasteiger partial charge in [0.05, 0.1) is 15.6 Å². The van der Waals surface area contributed by atoms with Crippen LogP contribution in [0.1, 0.15) is 22.3 Å². The lowest BCUT2D eigenvalue weighted by atomic mass is 9.83. The molecule has 1 aliphatic rings. The van der Waals surface area contributed by atoms with Crippen molar-refractivity contribution >= 4 is 29.1 Å². The number of benzene rings is 2. The quantitative estimate of drug-likeness (QED) is 0.863. The van der Waals surface area contributed by atoms with Gasteiger partial charge in [-0.15, -0.1) is 0 Å². The van der Waals surface area contributed by atoms with Gasteiger partial charge in [-0.3, -0.25) is 9.69 Å². The Morgan fingerprint density at radius 1 is 1.12 bits per heavy atom. The Morgan fingerprint density at radius 3 is 2.50 bits per heavy atom. The molecule has 0 saturated carbocycles. The Hall–Kier alpha value is -1.59. The highest BCUT2D eigenvalue weighted by Crippen LogP contribution is 2.37.